The van der Waals surface area contributed by atoms with Gasteiger partial charge in [-0.25, -0.2) is 0 Å². The molecule has 0 fully saturated rings. The minimum absolute atomic E-state index is 0.0273. The maximum Gasteiger partial charge on any atom is 0.111 e. The van der Waals surface area contributed by atoms with Crippen molar-refractivity contribution in [3.05, 3.63) is 0 Å². The lowest BCUT2D eigenvalue weighted by Gasteiger charge is -2.32. The van der Waals surface area contributed by atoms with Gasteiger partial charge < -0.3 is 25.2 Å². The standard InChI is InChI=1S/C11H24O5S2/c1-4-17-11(18-5-2)10(16-3)9(15)8(14)7(13)6-12/h7-15H,4-6H2,1-3H3/t7-,8-,9-,10-/m1/s1. The van der Waals surface area contributed by atoms with E-state index >= 15 is 0 Å². The third kappa shape index (κ3) is 5.64. The van der Waals surface area contributed by atoms with Gasteiger partial charge >= 0.3 is 0 Å². The molecule has 7 heteroatoms. The molecule has 0 aromatic heterocycles. The Morgan fingerprint density at radius 1 is 1.00 bits per heavy atom. The van der Waals surface area contributed by atoms with E-state index in [1.165, 1.54) is 7.11 Å². The van der Waals surface area contributed by atoms with Gasteiger partial charge in [-0.2, -0.15) is 0 Å². The molecule has 0 heterocycles. The fourth-order valence-electron chi connectivity index (χ4n) is 1.51. The first kappa shape index (κ1) is 18.5. The van der Waals surface area contributed by atoms with Gasteiger partial charge in [-0.15, -0.1) is 23.5 Å². The summed E-state index contributed by atoms with van der Waals surface area (Å²) < 4.78 is 5.22. The quantitative estimate of drug-likeness (QED) is 0.419. The Labute approximate surface area is 117 Å². The van der Waals surface area contributed by atoms with Gasteiger partial charge in [0.05, 0.1) is 11.2 Å². The summed E-state index contributed by atoms with van der Waals surface area (Å²) in [5.74, 6) is 1.73. The lowest BCUT2D eigenvalue weighted by molar-refractivity contribution is -0.119. The molecule has 4 atom stereocenters. The molecule has 0 aromatic carbocycles. The molecule has 0 aliphatic carbocycles. The zero-order valence-electron chi connectivity index (χ0n) is 11.0. The molecular weight excluding hydrogens is 276 g/mol. The van der Waals surface area contributed by atoms with Crippen LogP contribution in [-0.4, -0.2) is 74.6 Å². The van der Waals surface area contributed by atoms with Crippen LogP contribution in [0.25, 0.3) is 0 Å². The molecule has 0 rings (SSSR count). The van der Waals surface area contributed by atoms with E-state index < -0.39 is 31.0 Å². The lowest BCUT2D eigenvalue weighted by Crippen LogP contribution is -2.49. The van der Waals surface area contributed by atoms with Crippen molar-refractivity contribution in [3.63, 3.8) is 0 Å². The summed E-state index contributed by atoms with van der Waals surface area (Å²) in [6.45, 7) is 3.42. The van der Waals surface area contributed by atoms with Gasteiger partial charge in [-0.05, 0) is 11.5 Å². The van der Waals surface area contributed by atoms with Gasteiger partial charge in [0.2, 0.25) is 0 Å². The topological polar surface area (TPSA) is 90.2 Å². The van der Waals surface area contributed by atoms with Crippen molar-refractivity contribution in [2.75, 3.05) is 25.2 Å². The summed E-state index contributed by atoms with van der Waals surface area (Å²) in [6.07, 6.45) is -4.62. The van der Waals surface area contributed by atoms with Crippen LogP contribution >= 0.6 is 23.5 Å². The zero-order valence-corrected chi connectivity index (χ0v) is 12.7. The van der Waals surface area contributed by atoms with Crippen molar-refractivity contribution in [2.45, 2.75) is 42.8 Å². The Kier molecular flexibility index (Phi) is 10.6. The summed E-state index contributed by atoms with van der Waals surface area (Å²) in [7, 11) is 1.46. The number of hydrogen-bond acceptors (Lipinski definition) is 7. The molecule has 110 valence electrons. The molecule has 0 saturated carbocycles. The van der Waals surface area contributed by atoms with Crippen LogP contribution in [-0.2, 0) is 4.74 Å². The molecule has 0 amide bonds. The number of hydrogen-bond donors (Lipinski definition) is 4. The second-order valence-corrected chi connectivity index (χ2v) is 6.85. The minimum Gasteiger partial charge on any atom is -0.394 e. The Morgan fingerprint density at radius 2 is 1.50 bits per heavy atom. The van der Waals surface area contributed by atoms with Crippen molar-refractivity contribution in [1.29, 1.82) is 0 Å². The summed E-state index contributed by atoms with van der Waals surface area (Å²) in [6, 6.07) is 0. The van der Waals surface area contributed by atoms with Crippen LogP contribution in [0.3, 0.4) is 0 Å². The van der Waals surface area contributed by atoms with E-state index in [1.807, 2.05) is 13.8 Å². The first-order valence-corrected chi connectivity index (χ1v) is 8.04. The van der Waals surface area contributed by atoms with Crippen LogP contribution in [0.4, 0.5) is 0 Å². The van der Waals surface area contributed by atoms with Gasteiger partial charge in [-0.3, -0.25) is 0 Å². The highest BCUT2D eigenvalue weighted by molar-refractivity contribution is 8.17. The molecule has 0 radical (unpaired) electrons. The number of ether oxygens (including phenoxy) is 1. The van der Waals surface area contributed by atoms with Crippen LogP contribution < -0.4 is 0 Å². The normalized spacial score (nSPS) is 18.7. The van der Waals surface area contributed by atoms with E-state index in [0.717, 1.165) is 11.5 Å². The second-order valence-electron chi connectivity index (χ2n) is 3.71. The van der Waals surface area contributed by atoms with E-state index in [-0.39, 0.29) is 4.58 Å². The van der Waals surface area contributed by atoms with Crippen molar-refractivity contribution < 1.29 is 25.2 Å². The molecule has 0 unspecified atom stereocenters. The average molecular weight is 300 g/mol. The first-order valence-electron chi connectivity index (χ1n) is 5.94. The number of aliphatic hydroxyl groups excluding tert-OH is 4. The van der Waals surface area contributed by atoms with Gasteiger partial charge in [-0.1, -0.05) is 13.8 Å². The van der Waals surface area contributed by atoms with E-state index in [4.69, 9.17) is 9.84 Å². The number of thioether (sulfide) groups is 2. The van der Waals surface area contributed by atoms with Crippen LogP contribution in [0, 0.1) is 0 Å². The Morgan fingerprint density at radius 3 is 1.83 bits per heavy atom. The summed E-state index contributed by atoms with van der Waals surface area (Å²) in [5, 5.41) is 37.9. The second kappa shape index (κ2) is 10.3. The number of aliphatic hydroxyl groups is 4. The highest BCUT2D eigenvalue weighted by Crippen LogP contribution is 2.30. The van der Waals surface area contributed by atoms with Crippen molar-refractivity contribution >= 4 is 23.5 Å². The third-order valence-electron chi connectivity index (χ3n) is 2.47. The predicted molar refractivity (Wildman–Crippen MR) is 76.0 cm³/mol. The smallest absolute Gasteiger partial charge is 0.111 e. The van der Waals surface area contributed by atoms with Crippen molar-refractivity contribution in [2.24, 2.45) is 0 Å². The highest BCUT2D eigenvalue weighted by Gasteiger charge is 2.36. The average Bonchev–Trinajstić information content (AvgIpc) is 2.38. The molecular formula is C11H24O5S2. The summed E-state index contributed by atoms with van der Waals surface area (Å²) in [5.41, 5.74) is 0. The maximum atomic E-state index is 10.0. The Bertz CT molecular complexity index is 202. The Balaban J connectivity index is 4.69. The number of rotatable bonds is 10. The van der Waals surface area contributed by atoms with E-state index in [0.29, 0.717) is 0 Å². The largest absolute Gasteiger partial charge is 0.394 e. The van der Waals surface area contributed by atoms with Crippen molar-refractivity contribution in [1.82, 2.24) is 0 Å². The van der Waals surface area contributed by atoms with Crippen LogP contribution in [0.5, 0.6) is 0 Å². The monoisotopic (exact) mass is 300 g/mol. The maximum absolute atomic E-state index is 10.0. The lowest BCUT2D eigenvalue weighted by atomic mass is 10.0. The molecule has 4 N–H and O–H groups in total. The SMILES string of the molecule is CCSC(SCC)[C@H](OC)[C@H](O)[C@H](O)[C@H](O)CO. The fraction of sp³-hybridized carbons (Fsp3) is 1.00. The van der Waals surface area contributed by atoms with E-state index in [1.54, 1.807) is 23.5 Å². The van der Waals surface area contributed by atoms with Gasteiger partial charge in [0.15, 0.2) is 0 Å². The molecule has 0 spiro atoms. The minimum atomic E-state index is -1.42. The third-order valence-corrected chi connectivity index (χ3v) is 5.15. The molecule has 0 aliphatic heterocycles. The predicted octanol–water partition coefficient (Wildman–Crippen LogP) is -0.0913. The molecule has 0 saturated heterocycles. The fourth-order valence-corrected chi connectivity index (χ4v) is 4.29. The highest BCUT2D eigenvalue weighted by atomic mass is 32.2. The van der Waals surface area contributed by atoms with Gasteiger partial charge in [0, 0.05) is 7.11 Å². The van der Waals surface area contributed by atoms with E-state index in [2.05, 4.69) is 0 Å². The molecule has 0 aromatic rings. The van der Waals surface area contributed by atoms with E-state index in [9.17, 15) is 15.3 Å². The zero-order chi connectivity index (χ0) is 14.1. The van der Waals surface area contributed by atoms with Crippen molar-refractivity contribution in [3.8, 4) is 0 Å². The molecule has 0 bridgehead atoms. The first-order chi connectivity index (χ1) is 8.53. The molecule has 18 heavy (non-hydrogen) atoms. The molecule has 5 nitrogen and oxygen atoms in total. The van der Waals surface area contributed by atoms with Crippen LogP contribution in [0.2, 0.25) is 0 Å². The summed E-state index contributed by atoms with van der Waals surface area (Å²) >= 11 is 3.24. The molecule has 0 aliphatic rings. The summed E-state index contributed by atoms with van der Waals surface area (Å²) in [4.78, 5) is 0. The Hall–Kier alpha value is 0.500. The number of methoxy groups -OCH3 is 1. The van der Waals surface area contributed by atoms with Gasteiger partial charge in [0.25, 0.3) is 0 Å². The van der Waals surface area contributed by atoms with Crippen LogP contribution in [0.1, 0.15) is 13.8 Å². The van der Waals surface area contributed by atoms with Crippen LogP contribution in [0.15, 0.2) is 0 Å². The van der Waals surface area contributed by atoms with Gasteiger partial charge in [0.1, 0.15) is 24.4 Å².